The van der Waals surface area contributed by atoms with E-state index in [1.165, 1.54) is 19.3 Å². The standard InChI is InChI=1S/C18H33NO5.ClH/c1-12(2)9-22-16-11-21-10-15(19)18(20)23-13(3)17(16)24-14-7-5-4-6-8-14;/h12-17H,4-11,19H2,1-3H3;1H/t13-,15-,16-,17-;/m0./s1. The average molecular weight is 380 g/mol. The van der Waals surface area contributed by atoms with E-state index in [2.05, 4.69) is 19.6 Å². The van der Waals surface area contributed by atoms with Crippen LogP contribution in [0, 0.1) is 5.92 Å². The highest BCUT2D eigenvalue weighted by molar-refractivity contribution is 5.74. The van der Waals surface area contributed by atoms with Gasteiger partial charge in [0.2, 0.25) is 6.04 Å². The summed E-state index contributed by atoms with van der Waals surface area (Å²) >= 11 is 0. The van der Waals surface area contributed by atoms with Crippen LogP contribution in [0.4, 0.5) is 0 Å². The number of hydrogen-bond acceptors (Lipinski definition) is 5. The Morgan fingerprint density at radius 2 is 1.88 bits per heavy atom. The Labute approximate surface area is 157 Å². The lowest BCUT2D eigenvalue weighted by Gasteiger charge is -2.35. The molecule has 0 aromatic rings. The van der Waals surface area contributed by atoms with E-state index in [0.29, 0.717) is 19.1 Å². The van der Waals surface area contributed by atoms with Crippen LogP contribution in [-0.2, 0) is 23.7 Å². The molecule has 2 rings (SSSR count). The monoisotopic (exact) mass is 379 g/mol. The van der Waals surface area contributed by atoms with E-state index in [0.717, 1.165) is 12.8 Å². The van der Waals surface area contributed by atoms with Crippen LogP contribution in [0.3, 0.4) is 0 Å². The second-order valence-corrected chi connectivity index (χ2v) is 7.50. The molecule has 1 saturated carbocycles. The molecule has 0 bridgehead atoms. The molecule has 0 aromatic carbocycles. The first-order valence-electron chi connectivity index (χ1n) is 9.35. The fourth-order valence-corrected chi connectivity index (χ4v) is 3.22. The Balaban J connectivity index is 0.00000312. The van der Waals surface area contributed by atoms with Gasteiger partial charge in [-0.1, -0.05) is 33.1 Å². The highest BCUT2D eigenvalue weighted by atomic mass is 35.5. The predicted molar refractivity (Wildman–Crippen MR) is 89.4 cm³/mol. The van der Waals surface area contributed by atoms with E-state index < -0.39 is 6.04 Å². The highest BCUT2D eigenvalue weighted by Gasteiger charge is 2.37. The van der Waals surface area contributed by atoms with Crippen molar-refractivity contribution in [3.05, 3.63) is 0 Å². The molecule has 4 atom stereocenters. The normalized spacial score (nSPS) is 32.3. The van der Waals surface area contributed by atoms with Crippen molar-refractivity contribution in [1.82, 2.24) is 0 Å². The average Bonchev–Trinajstić information content (AvgIpc) is 2.60. The minimum Gasteiger partial charge on any atom is -1.00 e. The molecule has 1 heterocycles. The van der Waals surface area contributed by atoms with Crippen LogP contribution in [0.25, 0.3) is 0 Å². The number of halogens is 1. The fraction of sp³-hybridized carbons (Fsp3) is 0.944. The second kappa shape index (κ2) is 11.3. The maximum atomic E-state index is 12.1. The molecule has 0 spiro atoms. The molecule has 3 N–H and O–H groups in total. The lowest BCUT2D eigenvalue weighted by Crippen LogP contribution is -3.00. The summed E-state index contributed by atoms with van der Waals surface area (Å²) in [5.74, 6) is 0.0932. The number of esters is 1. The molecular weight excluding hydrogens is 346 g/mol. The van der Waals surface area contributed by atoms with Gasteiger partial charge in [0.1, 0.15) is 24.9 Å². The van der Waals surface area contributed by atoms with Crippen LogP contribution >= 0.6 is 0 Å². The van der Waals surface area contributed by atoms with Gasteiger partial charge < -0.3 is 37.1 Å². The lowest BCUT2D eigenvalue weighted by molar-refractivity contribution is -0.415. The van der Waals surface area contributed by atoms with Crippen molar-refractivity contribution in [2.24, 2.45) is 5.92 Å². The van der Waals surface area contributed by atoms with Gasteiger partial charge in [-0.05, 0) is 25.7 Å². The van der Waals surface area contributed by atoms with E-state index in [1.54, 1.807) is 0 Å². The molecule has 148 valence electrons. The third-order valence-corrected chi connectivity index (χ3v) is 4.61. The zero-order valence-corrected chi connectivity index (χ0v) is 16.5. The molecule has 1 saturated heterocycles. The van der Waals surface area contributed by atoms with Crippen LogP contribution in [-0.4, -0.2) is 56.2 Å². The summed E-state index contributed by atoms with van der Waals surface area (Å²) in [4.78, 5) is 12.1. The van der Waals surface area contributed by atoms with Crippen LogP contribution in [0.5, 0.6) is 0 Å². The van der Waals surface area contributed by atoms with Crippen LogP contribution in [0.2, 0.25) is 0 Å². The van der Waals surface area contributed by atoms with E-state index in [9.17, 15) is 4.79 Å². The summed E-state index contributed by atoms with van der Waals surface area (Å²) in [6.07, 6.45) is 5.09. The van der Waals surface area contributed by atoms with Gasteiger partial charge in [0, 0.05) is 6.61 Å². The van der Waals surface area contributed by atoms with Crippen molar-refractivity contribution in [2.75, 3.05) is 19.8 Å². The summed E-state index contributed by atoms with van der Waals surface area (Å²) in [7, 11) is 0. The van der Waals surface area contributed by atoms with Crippen molar-refractivity contribution in [3.63, 3.8) is 0 Å². The fourth-order valence-electron chi connectivity index (χ4n) is 3.22. The molecule has 2 aliphatic rings. The van der Waals surface area contributed by atoms with Crippen molar-refractivity contribution in [3.8, 4) is 0 Å². The zero-order chi connectivity index (χ0) is 17.5. The summed E-state index contributed by atoms with van der Waals surface area (Å²) in [5, 5.41) is 0. The van der Waals surface area contributed by atoms with Crippen molar-refractivity contribution < 1.29 is 41.9 Å². The largest absolute Gasteiger partial charge is 1.00 e. The summed E-state index contributed by atoms with van der Waals surface area (Å²) < 4.78 is 23.7. The smallest absolute Gasteiger partial charge is 0.367 e. The molecule has 1 aliphatic heterocycles. The molecule has 25 heavy (non-hydrogen) atoms. The molecule has 6 nitrogen and oxygen atoms in total. The van der Waals surface area contributed by atoms with Gasteiger partial charge in [0.25, 0.3) is 0 Å². The van der Waals surface area contributed by atoms with Crippen LogP contribution in [0.15, 0.2) is 0 Å². The number of ether oxygens (including phenoxy) is 4. The minimum atomic E-state index is -0.508. The lowest BCUT2D eigenvalue weighted by atomic mass is 9.97. The Morgan fingerprint density at radius 1 is 1.20 bits per heavy atom. The molecule has 0 radical (unpaired) electrons. The van der Waals surface area contributed by atoms with Gasteiger partial charge in [0.15, 0.2) is 0 Å². The van der Waals surface area contributed by atoms with E-state index in [-0.39, 0.29) is 49.4 Å². The number of carbonyl (C=O) groups is 1. The van der Waals surface area contributed by atoms with Gasteiger partial charge in [-0.25, -0.2) is 4.79 Å². The summed E-state index contributed by atoms with van der Waals surface area (Å²) in [5.41, 5.74) is 3.82. The molecule has 2 fully saturated rings. The number of cyclic esters (lactones) is 1. The van der Waals surface area contributed by atoms with Gasteiger partial charge in [-0.2, -0.15) is 0 Å². The Morgan fingerprint density at radius 3 is 2.52 bits per heavy atom. The Kier molecular flexibility index (Phi) is 10.3. The first-order chi connectivity index (χ1) is 11.5. The first-order valence-corrected chi connectivity index (χ1v) is 9.35. The van der Waals surface area contributed by atoms with Crippen LogP contribution < -0.4 is 18.1 Å². The number of rotatable bonds is 5. The Bertz CT molecular complexity index is 390. The summed E-state index contributed by atoms with van der Waals surface area (Å²) in [6, 6.07) is -0.508. The molecule has 1 aliphatic carbocycles. The number of carbonyl (C=O) groups excluding carboxylic acids is 1. The number of hydrogen-bond donors (Lipinski definition) is 1. The zero-order valence-electron chi connectivity index (χ0n) is 15.7. The van der Waals surface area contributed by atoms with E-state index in [4.69, 9.17) is 18.9 Å². The summed E-state index contributed by atoms with van der Waals surface area (Å²) in [6.45, 7) is 7.40. The van der Waals surface area contributed by atoms with Crippen LogP contribution in [0.1, 0.15) is 52.9 Å². The maximum Gasteiger partial charge on any atom is 0.367 e. The molecule has 0 amide bonds. The van der Waals surface area contributed by atoms with Crippen molar-refractivity contribution >= 4 is 5.97 Å². The minimum absolute atomic E-state index is 0. The molecular formula is C18H34ClNO5. The third-order valence-electron chi connectivity index (χ3n) is 4.61. The van der Waals surface area contributed by atoms with Crippen molar-refractivity contribution in [1.29, 1.82) is 0 Å². The Hall–Kier alpha value is -0.400. The van der Waals surface area contributed by atoms with E-state index >= 15 is 0 Å². The maximum absolute atomic E-state index is 12.1. The second-order valence-electron chi connectivity index (χ2n) is 7.50. The quantitative estimate of drug-likeness (QED) is 0.577. The van der Waals surface area contributed by atoms with E-state index in [1.807, 2.05) is 6.92 Å². The van der Waals surface area contributed by atoms with Gasteiger partial charge in [0.05, 0.1) is 12.7 Å². The third kappa shape index (κ3) is 7.39. The van der Waals surface area contributed by atoms with Gasteiger partial charge in [-0.15, -0.1) is 0 Å². The van der Waals surface area contributed by atoms with Gasteiger partial charge >= 0.3 is 5.97 Å². The van der Waals surface area contributed by atoms with Crippen molar-refractivity contribution in [2.45, 2.75) is 83.3 Å². The molecule has 0 unspecified atom stereocenters. The highest BCUT2D eigenvalue weighted by Crippen LogP contribution is 2.25. The topological polar surface area (TPSA) is 81.6 Å². The number of quaternary nitrogens is 1. The molecule has 7 heteroatoms. The predicted octanol–water partition coefficient (Wildman–Crippen LogP) is -1.68. The van der Waals surface area contributed by atoms with Gasteiger partial charge in [-0.3, -0.25) is 0 Å². The SMILES string of the molecule is CC(C)CO[C@H]1COC[C@H]([NH3+])C(=O)O[C@@H](C)[C@@H]1OC1CCCCC1.[Cl-]. The first kappa shape index (κ1) is 22.6. The molecule has 0 aromatic heterocycles.